The predicted octanol–water partition coefficient (Wildman–Crippen LogP) is 2.45. The topological polar surface area (TPSA) is 72.2 Å². The van der Waals surface area contributed by atoms with Gasteiger partial charge in [0, 0.05) is 16.3 Å². The second-order valence-electron chi connectivity index (χ2n) is 3.86. The van der Waals surface area contributed by atoms with Crippen molar-refractivity contribution in [3.63, 3.8) is 0 Å². The largest absolute Gasteiger partial charge is 0.398 e. The first kappa shape index (κ1) is 15.8. The number of nitrogen functional groups attached to an aromatic ring is 1. The summed E-state index contributed by atoms with van der Waals surface area (Å²) in [7, 11) is -3.55. The molecule has 0 aliphatic carbocycles. The van der Waals surface area contributed by atoms with Gasteiger partial charge >= 0.3 is 0 Å². The average Bonchev–Trinajstić information content (AvgIpc) is 2.25. The van der Waals surface area contributed by atoms with Crippen molar-refractivity contribution >= 4 is 43.4 Å². The molecule has 1 unspecified atom stereocenters. The molecule has 0 aliphatic rings. The molecule has 0 fully saturated rings. The van der Waals surface area contributed by atoms with Gasteiger partial charge < -0.3 is 5.73 Å². The maximum Gasteiger partial charge on any atom is 0.242 e. The summed E-state index contributed by atoms with van der Waals surface area (Å²) >= 11 is 4.94. The summed E-state index contributed by atoms with van der Waals surface area (Å²) in [5, 5.41) is 0. The van der Waals surface area contributed by atoms with E-state index in [9.17, 15) is 8.42 Å². The lowest BCUT2D eigenvalue weighted by Crippen LogP contribution is -2.34. The number of rotatable bonds is 6. The molecule has 18 heavy (non-hydrogen) atoms. The molecule has 0 bridgehead atoms. The van der Waals surface area contributed by atoms with Crippen LogP contribution in [-0.2, 0) is 10.0 Å². The van der Waals surface area contributed by atoms with Gasteiger partial charge in [-0.05, 0) is 30.9 Å². The van der Waals surface area contributed by atoms with Gasteiger partial charge in [0.15, 0.2) is 0 Å². The molecule has 0 radical (unpaired) electrons. The number of anilines is 1. The highest BCUT2D eigenvalue weighted by Gasteiger charge is 2.19. The van der Waals surface area contributed by atoms with Crippen LogP contribution in [-0.4, -0.2) is 26.0 Å². The molecule has 4 nitrogen and oxygen atoms in total. The highest BCUT2D eigenvalue weighted by atomic mass is 79.9. The second-order valence-corrected chi connectivity index (χ2v) is 7.78. The molecule has 0 heterocycles. The van der Waals surface area contributed by atoms with Crippen molar-refractivity contribution in [1.82, 2.24) is 4.72 Å². The summed E-state index contributed by atoms with van der Waals surface area (Å²) in [6.45, 7) is 3.88. The van der Waals surface area contributed by atoms with E-state index in [0.717, 1.165) is 16.0 Å². The highest BCUT2D eigenvalue weighted by Crippen LogP contribution is 2.23. The molecule has 1 atom stereocenters. The molecule has 102 valence electrons. The van der Waals surface area contributed by atoms with Gasteiger partial charge in [0.05, 0.1) is 5.69 Å². The van der Waals surface area contributed by atoms with Crippen LogP contribution in [0.25, 0.3) is 0 Å². The van der Waals surface area contributed by atoms with Crippen LogP contribution in [0.4, 0.5) is 5.69 Å². The van der Waals surface area contributed by atoms with Gasteiger partial charge in [-0.15, -0.1) is 0 Å². The van der Waals surface area contributed by atoms with Crippen molar-refractivity contribution in [1.29, 1.82) is 0 Å². The smallest absolute Gasteiger partial charge is 0.242 e. The number of halogens is 1. The standard InChI is InChI=1S/C11H17BrN2O2S2/c1-3-17-7-8(2)14-18(15,16)11-5-4-9(12)6-10(11)13/h4-6,8,14H,3,7,13H2,1-2H3. The number of nitrogens with two attached hydrogens (primary N) is 1. The predicted molar refractivity (Wildman–Crippen MR) is 81.3 cm³/mol. The van der Waals surface area contributed by atoms with Crippen LogP contribution in [0.5, 0.6) is 0 Å². The summed E-state index contributed by atoms with van der Waals surface area (Å²) in [4.78, 5) is 0.124. The Morgan fingerprint density at radius 3 is 2.72 bits per heavy atom. The lowest BCUT2D eigenvalue weighted by Gasteiger charge is -2.14. The number of nitrogens with one attached hydrogen (secondary N) is 1. The van der Waals surface area contributed by atoms with Gasteiger partial charge in [0.1, 0.15) is 4.90 Å². The summed E-state index contributed by atoms with van der Waals surface area (Å²) < 4.78 is 27.6. The lowest BCUT2D eigenvalue weighted by molar-refractivity contribution is 0.571. The number of hydrogen-bond donors (Lipinski definition) is 2. The van der Waals surface area contributed by atoms with Gasteiger partial charge in [-0.2, -0.15) is 11.8 Å². The van der Waals surface area contributed by atoms with Gasteiger partial charge in [-0.3, -0.25) is 0 Å². The fourth-order valence-corrected chi connectivity index (χ4v) is 3.93. The fraction of sp³-hybridized carbons (Fsp3) is 0.455. The number of hydrogen-bond acceptors (Lipinski definition) is 4. The van der Waals surface area contributed by atoms with E-state index in [1.54, 1.807) is 23.9 Å². The molecule has 3 N–H and O–H groups in total. The first-order valence-electron chi connectivity index (χ1n) is 5.52. The van der Waals surface area contributed by atoms with Crippen LogP contribution in [0.3, 0.4) is 0 Å². The summed E-state index contributed by atoms with van der Waals surface area (Å²) in [5.41, 5.74) is 5.97. The van der Waals surface area contributed by atoms with Gasteiger partial charge in [-0.25, -0.2) is 13.1 Å². The zero-order valence-electron chi connectivity index (χ0n) is 10.3. The quantitative estimate of drug-likeness (QED) is 0.771. The van der Waals surface area contributed by atoms with E-state index in [-0.39, 0.29) is 16.6 Å². The summed E-state index contributed by atoms with van der Waals surface area (Å²) in [6, 6.07) is 4.63. The molecule has 1 aromatic carbocycles. The van der Waals surface area contributed by atoms with E-state index in [2.05, 4.69) is 20.7 Å². The van der Waals surface area contributed by atoms with Crippen molar-refractivity contribution in [2.24, 2.45) is 0 Å². The van der Waals surface area contributed by atoms with Crippen molar-refractivity contribution in [2.45, 2.75) is 24.8 Å². The molecule has 0 aromatic heterocycles. The van der Waals surface area contributed by atoms with Gasteiger partial charge in [-0.1, -0.05) is 22.9 Å². The Bertz CT molecular complexity index is 506. The number of thioether (sulfide) groups is 1. The van der Waals surface area contributed by atoms with Crippen molar-refractivity contribution in [3.05, 3.63) is 22.7 Å². The minimum absolute atomic E-state index is 0.122. The van der Waals surface area contributed by atoms with Crippen molar-refractivity contribution in [3.8, 4) is 0 Å². The van der Waals surface area contributed by atoms with Crippen LogP contribution in [0.2, 0.25) is 0 Å². The molecule has 0 amide bonds. The second kappa shape index (κ2) is 6.79. The number of benzene rings is 1. The minimum atomic E-state index is -3.55. The molecule has 1 rings (SSSR count). The van der Waals surface area contributed by atoms with E-state index < -0.39 is 10.0 Å². The molecule has 0 spiro atoms. The van der Waals surface area contributed by atoms with Crippen LogP contribution >= 0.6 is 27.7 Å². The first-order valence-corrected chi connectivity index (χ1v) is 8.95. The van der Waals surface area contributed by atoms with Crippen LogP contribution in [0.15, 0.2) is 27.6 Å². The third kappa shape index (κ3) is 4.46. The van der Waals surface area contributed by atoms with Crippen LogP contribution in [0.1, 0.15) is 13.8 Å². The van der Waals surface area contributed by atoms with Gasteiger partial charge in [0.2, 0.25) is 10.0 Å². The monoisotopic (exact) mass is 352 g/mol. The Labute approximate surface area is 121 Å². The van der Waals surface area contributed by atoms with E-state index in [4.69, 9.17) is 5.73 Å². The average molecular weight is 353 g/mol. The molecule has 7 heteroatoms. The Morgan fingerprint density at radius 2 is 2.17 bits per heavy atom. The van der Waals surface area contributed by atoms with Crippen molar-refractivity contribution in [2.75, 3.05) is 17.2 Å². The normalized spacial score (nSPS) is 13.5. The zero-order chi connectivity index (χ0) is 13.8. The third-order valence-electron chi connectivity index (χ3n) is 2.19. The number of sulfonamides is 1. The van der Waals surface area contributed by atoms with E-state index >= 15 is 0 Å². The molecular weight excluding hydrogens is 336 g/mol. The Balaban J connectivity index is 2.86. The summed E-state index contributed by atoms with van der Waals surface area (Å²) in [5.74, 6) is 1.71. The van der Waals surface area contributed by atoms with Crippen molar-refractivity contribution < 1.29 is 8.42 Å². The maximum atomic E-state index is 12.1. The Hall–Kier alpha value is -0.240. The maximum absolute atomic E-state index is 12.1. The SMILES string of the molecule is CCSCC(C)NS(=O)(=O)c1ccc(Br)cc1N. The fourth-order valence-electron chi connectivity index (χ4n) is 1.42. The Kier molecular flexibility index (Phi) is 5.97. The Morgan fingerprint density at radius 1 is 1.50 bits per heavy atom. The molecule has 0 saturated heterocycles. The highest BCUT2D eigenvalue weighted by molar-refractivity contribution is 9.10. The van der Waals surface area contributed by atoms with E-state index in [0.29, 0.717) is 0 Å². The molecule has 0 saturated carbocycles. The molecular formula is C11H17BrN2O2S2. The van der Waals surface area contributed by atoms with E-state index in [1.165, 1.54) is 6.07 Å². The molecule has 0 aliphatic heterocycles. The third-order valence-corrected chi connectivity index (χ3v) is 5.49. The first-order chi connectivity index (χ1) is 8.36. The zero-order valence-corrected chi connectivity index (χ0v) is 13.5. The van der Waals surface area contributed by atoms with Crippen LogP contribution in [0, 0.1) is 0 Å². The van der Waals surface area contributed by atoms with Gasteiger partial charge in [0.25, 0.3) is 0 Å². The minimum Gasteiger partial charge on any atom is -0.398 e. The lowest BCUT2D eigenvalue weighted by atomic mass is 10.3. The van der Waals surface area contributed by atoms with Crippen LogP contribution < -0.4 is 10.5 Å². The van der Waals surface area contributed by atoms with E-state index in [1.807, 2.05) is 13.8 Å². The summed E-state index contributed by atoms with van der Waals surface area (Å²) in [6.07, 6.45) is 0. The molecule has 1 aromatic rings.